The molecule has 0 radical (unpaired) electrons. The van der Waals surface area contributed by atoms with Gasteiger partial charge in [0, 0.05) is 42.6 Å². The molecule has 4 N–H and O–H groups in total. The lowest BCUT2D eigenvalue weighted by Gasteiger charge is -2.31. The molecule has 0 aromatic heterocycles. The van der Waals surface area contributed by atoms with Crippen molar-refractivity contribution in [3.05, 3.63) is 94.3 Å². The molecule has 4 rings (SSSR count). The van der Waals surface area contributed by atoms with Crippen LogP contribution in [-0.4, -0.2) is 57.8 Å². The van der Waals surface area contributed by atoms with E-state index >= 15 is 0 Å². The molecule has 0 fully saturated rings. The third-order valence-corrected chi connectivity index (χ3v) is 12.0. The summed E-state index contributed by atoms with van der Waals surface area (Å²) in [6.07, 6.45) is 3.14. The number of nitrogens with zero attached hydrogens (tertiary/aromatic N) is 2. The zero-order valence-electron chi connectivity index (χ0n) is 37.4. The highest BCUT2D eigenvalue weighted by molar-refractivity contribution is 7.88. The Balaban J connectivity index is 1.75. The number of ether oxygens (including phenoxy) is 2. The molecule has 0 spiro atoms. The number of rotatable bonds is 21. The molecule has 1 unspecified atom stereocenters. The first-order chi connectivity index (χ1) is 29.5. The number of carbonyl (C=O) groups excluding carboxylic acids is 1. The summed E-state index contributed by atoms with van der Waals surface area (Å²) in [5.74, 6) is -13.3. The van der Waals surface area contributed by atoms with E-state index in [2.05, 4.69) is 68.0 Å². The first kappa shape index (κ1) is 50.2. The van der Waals surface area contributed by atoms with E-state index in [9.17, 15) is 40.3 Å². The predicted molar refractivity (Wildman–Crippen MR) is 239 cm³/mol. The highest BCUT2D eigenvalue weighted by Gasteiger charge is 2.30. The van der Waals surface area contributed by atoms with Crippen molar-refractivity contribution in [2.24, 2.45) is 4.99 Å². The van der Waals surface area contributed by atoms with Gasteiger partial charge in [0.1, 0.15) is 17.2 Å². The van der Waals surface area contributed by atoms with Crippen LogP contribution in [0.5, 0.6) is 17.2 Å². The Hall–Kier alpha value is -5.42. The summed E-state index contributed by atoms with van der Waals surface area (Å²) >= 11 is 0. The Labute approximate surface area is 367 Å². The molecular weight excluding hydrogens is 846 g/mol. The summed E-state index contributed by atoms with van der Waals surface area (Å²) in [4.78, 5) is 20.1. The van der Waals surface area contributed by atoms with Gasteiger partial charge in [0.05, 0.1) is 17.6 Å². The monoisotopic (exact) mass is 903 g/mol. The third kappa shape index (κ3) is 12.4. The number of aryl methyl sites for hydroxylation is 1. The highest BCUT2D eigenvalue weighted by Crippen LogP contribution is 2.41. The maximum absolute atomic E-state index is 14.3. The van der Waals surface area contributed by atoms with Gasteiger partial charge in [-0.25, -0.2) is 31.3 Å². The Bertz CT molecular complexity index is 2400. The molecule has 17 heteroatoms. The summed E-state index contributed by atoms with van der Waals surface area (Å²) in [6.45, 7) is 19.6. The number of phenols is 1. The molecule has 1 amide bonds. The van der Waals surface area contributed by atoms with Crippen LogP contribution in [0.2, 0.25) is 0 Å². The van der Waals surface area contributed by atoms with Crippen molar-refractivity contribution in [3.63, 3.8) is 0 Å². The molecule has 0 aliphatic carbocycles. The number of halogens is 5. The molecule has 4 aromatic carbocycles. The van der Waals surface area contributed by atoms with Crippen molar-refractivity contribution in [2.45, 2.75) is 105 Å². The minimum atomic E-state index is -3.39. The maximum Gasteiger partial charge on any atom is 0.265 e. The lowest BCUT2D eigenvalue weighted by atomic mass is 9.76. The Morgan fingerprint density at radius 3 is 2.06 bits per heavy atom. The average Bonchev–Trinajstić information content (AvgIpc) is 3.23. The summed E-state index contributed by atoms with van der Waals surface area (Å²) in [6, 6.07) is 14.0. The van der Waals surface area contributed by atoms with Crippen LogP contribution in [0.25, 0.3) is 0 Å². The first-order valence-corrected chi connectivity index (χ1v) is 22.6. The van der Waals surface area contributed by atoms with Crippen LogP contribution in [0.15, 0.2) is 53.5 Å². The number of hydrogen-bond acceptors (Lipinski definition) is 9. The number of nitrogens with one attached hydrogen (secondary N) is 3. The molecule has 0 saturated carbocycles. The Morgan fingerprint density at radius 2 is 1.49 bits per heavy atom. The van der Waals surface area contributed by atoms with E-state index < -0.39 is 62.6 Å². The van der Waals surface area contributed by atoms with Crippen LogP contribution in [-0.2, 0) is 25.6 Å². The lowest BCUT2D eigenvalue weighted by Crippen LogP contribution is -2.34. The molecule has 63 heavy (non-hydrogen) atoms. The second kappa shape index (κ2) is 20.8. The van der Waals surface area contributed by atoms with Crippen molar-refractivity contribution in [1.82, 2.24) is 4.72 Å². The van der Waals surface area contributed by atoms with Crippen molar-refractivity contribution in [1.29, 1.82) is 0 Å². The highest BCUT2D eigenvalue weighted by atomic mass is 32.2. The van der Waals surface area contributed by atoms with Gasteiger partial charge in [-0.05, 0) is 85.4 Å². The van der Waals surface area contributed by atoms with Gasteiger partial charge >= 0.3 is 0 Å². The fraction of sp³-hybridized carbons (Fsp3) is 0.435. The quantitative estimate of drug-likeness (QED) is 0.0162. The average molecular weight is 904 g/mol. The van der Waals surface area contributed by atoms with Crippen LogP contribution in [0.4, 0.5) is 50.4 Å². The molecular formula is C46H58F5N5O6S. The third-order valence-electron chi connectivity index (χ3n) is 11.2. The first-order valence-electron chi connectivity index (χ1n) is 20.8. The van der Waals surface area contributed by atoms with Crippen LogP contribution in [0.1, 0.15) is 97.8 Å². The summed E-state index contributed by atoms with van der Waals surface area (Å²) < 4.78 is 107. The second-order valence-corrected chi connectivity index (χ2v) is 18.4. The van der Waals surface area contributed by atoms with E-state index in [-0.39, 0.29) is 34.4 Å². The fourth-order valence-electron chi connectivity index (χ4n) is 6.53. The van der Waals surface area contributed by atoms with Crippen LogP contribution in [0, 0.1) is 36.0 Å². The van der Waals surface area contributed by atoms with Gasteiger partial charge in [0.2, 0.25) is 44.9 Å². The maximum atomic E-state index is 14.3. The Kier molecular flexibility index (Phi) is 16.6. The summed E-state index contributed by atoms with van der Waals surface area (Å²) in [5, 5.41) is 17.2. The number of aromatic hydroxyl groups is 1. The molecule has 0 saturated heterocycles. The van der Waals surface area contributed by atoms with Crippen molar-refractivity contribution in [2.75, 3.05) is 41.4 Å². The normalized spacial score (nSPS) is 12.7. The predicted octanol–water partition coefficient (Wildman–Crippen LogP) is 10.8. The number of phenolic OH excluding ortho intramolecular Hbond substituents is 1. The summed E-state index contributed by atoms with van der Waals surface area (Å²) in [5.41, 5.74) is 3.76. The summed E-state index contributed by atoms with van der Waals surface area (Å²) in [7, 11) is -3.39. The number of amides is 1. The van der Waals surface area contributed by atoms with Gasteiger partial charge in [0.15, 0.2) is 12.5 Å². The minimum Gasteiger partial charge on any atom is -0.506 e. The van der Waals surface area contributed by atoms with Crippen molar-refractivity contribution < 1.29 is 49.7 Å². The number of sulfonamides is 1. The zero-order chi connectivity index (χ0) is 47.0. The minimum absolute atomic E-state index is 0.0847. The molecule has 1 atom stereocenters. The zero-order valence-corrected chi connectivity index (χ0v) is 38.2. The van der Waals surface area contributed by atoms with E-state index in [0.717, 1.165) is 41.5 Å². The van der Waals surface area contributed by atoms with Gasteiger partial charge in [-0.15, -0.1) is 0 Å². The van der Waals surface area contributed by atoms with Crippen LogP contribution >= 0.6 is 0 Å². The van der Waals surface area contributed by atoms with Crippen LogP contribution < -0.4 is 29.7 Å². The molecule has 0 aliphatic heterocycles. The van der Waals surface area contributed by atoms with Gasteiger partial charge in [-0.3, -0.25) is 4.79 Å². The number of benzene rings is 4. The molecule has 11 nitrogen and oxygen atoms in total. The fourth-order valence-corrected chi connectivity index (χ4v) is 6.99. The standard InChI is InChI=1S/C46H58F5N5O6S/c1-11-15-37(62-36-19-16-28(45(6,7)12-2)23-30(36)46(8,9)13-3)44(58)55-33-25-35(57)34(52-26-61-43-41(50)39(48)38(47)40(49)42(43)51)24-32(33)54-31-18-17-29(22-27(31)5)56(14-4)21-20-53-63(10,59)60/h16-19,22-26,37,53-54,57H,11-15,20-21H2,1-10H3,(H,55,58). The van der Waals surface area contributed by atoms with Crippen molar-refractivity contribution in [3.8, 4) is 17.2 Å². The lowest BCUT2D eigenvalue weighted by molar-refractivity contribution is -0.123. The van der Waals surface area contributed by atoms with Gasteiger partial charge in [0.25, 0.3) is 5.91 Å². The number of anilines is 4. The molecule has 344 valence electrons. The smallest absolute Gasteiger partial charge is 0.265 e. The molecule has 0 bridgehead atoms. The van der Waals surface area contributed by atoms with E-state index in [1.807, 2.05) is 49.9 Å². The van der Waals surface area contributed by atoms with Crippen molar-refractivity contribution >= 4 is 50.8 Å². The Morgan fingerprint density at radius 1 is 0.857 bits per heavy atom. The van der Waals surface area contributed by atoms with E-state index in [0.29, 0.717) is 43.8 Å². The SMILES string of the molecule is CCCC(Oc1ccc(C(C)(C)CC)cc1C(C)(C)CC)C(=O)Nc1cc(O)c(N=COc2c(F)c(F)c(F)c(F)c2F)cc1Nc1ccc(N(CC)CCNS(C)(=O)=O)cc1C. The largest absolute Gasteiger partial charge is 0.506 e. The number of likely N-dealkylation sites (N-methyl/N-ethyl adjacent to an activating group) is 1. The topological polar surface area (TPSA) is 142 Å². The van der Waals surface area contributed by atoms with E-state index in [4.69, 9.17) is 9.47 Å². The number of hydrogen-bond donors (Lipinski definition) is 4. The van der Waals surface area contributed by atoms with Crippen LogP contribution in [0.3, 0.4) is 0 Å². The van der Waals surface area contributed by atoms with E-state index in [1.54, 1.807) is 6.07 Å². The van der Waals surface area contributed by atoms with Gasteiger partial charge < -0.3 is 30.1 Å². The second-order valence-electron chi connectivity index (χ2n) is 16.6. The van der Waals surface area contributed by atoms with Gasteiger partial charge in [-0.2, -0.15) is 8.78 Å². The molecule has 4 aromatic rings. The molecule has 0 aliphatic rings. The molecule has 0 heterocycles. The number of aliphatic imine (C=N–C) groups is 1. The number of carbonyl (C=O) groups is 1. The van der Waals surface area contributed by atoms with E-state index in [1.165, 1.54) is 12.1 Å². The van der Waals surface area contributed by atoms with Gasteiger partial charge in [-0.1, -0.05) is 67.0 Å².